The van der Waals surface area contributed by atoms with Crippen LogP contribution in [0.5, 0.6) is 5.75 Å². The van der Waals surface area contributed by atoms with Gasteiger partial charge in [0.2, 0.25) is 0 Å². The van der Waals surface area contributed by atoms with Crippen molar-refractivity contribution in [3.05, 3.63) is 167 Å². The van der Waals surface area contributed by atoms with Gasteiger partial charge in [0.15, 0.2) is 0 Å². The van der Waals surface area contributed by atoms with E-state index in [9.17, 15) is 5.11 Å². The summed E-state index contributed by atoms with van der Waals surface area (Å²) in [6.07, 6.45) is 1.86. The zero-order valence-corrected chi connectivity index (χ0v) is 41.6. The van der Waals surface area contributed by atoms with E-state index in [0.29, 0.717) is 11.4 Å². The van der Waals surface area contributed by atoms with Crippen LogP contribution in [0.4, 0.5) is 0 Å². The second-order valence-electron chi connectivity index (χ2n) is 21.2. The fourth-order valence-corrected chi connectivity index (χ4v) is 8.34. The fraction of sp³-hybridized carbons (Fsp3) is 0.288. The van der Waals surface area contributed by atoms with Crippen LogP contribution in [0.15, 0.2) is 134 Å². The van der Waals surface area contributed by atoms with Crippen LogP contribution in [0.25, 0.3) is 72.7 Å². The summed E-state index contributed by atoms with van der Waals surface area (Å²) in [6.45, 7) is 23.8. The summed E-state index contributed by atoms with van der Waals surface area (Å²) in [5.74, 6) is 0.710. The van der Waals surface area contributed by atoms with E-state index in [1.165, 1.54) is 5.56 Å². The summed E-state index contributed by atoms with van der Waals surface area (Å²) >= 11 is 0. The Balaban J connectivity index is 0.00000666. The van der Waals surface area contributed by atoms with Crippen LogP contribution < -0.4 is 0 Å². The third-order valence-electron chi connectivity index (χ3n) is 12.2. The van der Waals surface area contributed by atoms with Gasteiger partial charge in [-0.05, 0) is 86.7 Å². The molecule has 0 aliphatic heterocycles. The van der Waals surface area contributed by atoms with Crippen LogP contribution >= 0.6 is 0 Å². The van der Waals surface area contributed by atoms with Crippen molar-refractivity contribution in [3.63, 3.8) is 0 Å². The van der Waals surface area contributed by atoms with E-state index >= 15 is 0 Å². The maximum Gasteiger partial charge on any atom is 0.148 e. The molecule has 0 amide bonds. The number of aromatic hydroxyl groups is 1. The molecule has 6 aromatic carbocycles. The normalized spacial score (nSPS) is 13.3. The topological polar surface area (TPSA) is 50.9 Å². The summed E-state index contributed by atoms with van der Waals surface area (Å²) in [4.78, 5) is 10.5. The number of fused-ring (bicyclic) bond motifs is 1. The monoisotopic (exact) mass is 1030 g/mol. The van der Waals surface area contributed by atoms with Gasteiger partial charge in [0.1, 0.15) is 11.6 Å². The number of benzene rings is 6. The number of phenolic OH excluding ortho intramolecular Hbond substituents is 1. The maximum absolute atomic E-state index is 12.5. The van der Waals surface area contributed by atoms with Crippen molar-refractivity contribution in [3.8, 4) is 67.5 Å². The Bertz CT molecular complexity index is 3100. The van der Waals surface area contributed by atoms with Gasteiger partial charge in [-0.3, -0.25) is 9.55 Å². The van der Waals surface area contributed by atoms with E-state index in [4.69, 9.17) is 14.1 Å². The second-order valence-corrected chi connectivity index (χ2v) is 21.2. The zero-order valence-electron chi connectivity index (χ0n) is 42.3. The average molecular weight is 1030 g/mol. The van der Waals surface area contributed by atoms with Crippen molar-refractivity contribution in [2.24, 2.45) is 0 Å². The van der Waals surface area contributed by atoms with Gasteiger partial charge in [0, 0.05) is 48.2 Å². The van der Waals surface area contributed by atoms with Gasteiger partial charge in [0.05, 0.1) is 22.3 Å². The minimum Gasteiger partial charge on any atom is -0.507 e. The SMILES string of the molecule is [2H]C([2H])([2H])c1ccc(-n2c(-c3cc(C(C)(C)C)cc(C(C)(C)C)c3O)nc3c(-c4[c-]c(-c5cc(-c6ccccc6)ccn5)cc(C(C)(C)C)c4)cccc32)c(-c2ccc(C(C)(C)C)cc2)c1.[Pt]. The fourth-order valence-electron chi connectivity index (χ4n) is 8.34. The van der Waals surface area contributed by atoms with Crippen molar-refractivity contribution in [2.75, 3.05) is 0 Å². The molecule has 0 fully saturated rings. The summed E-state index contributed by atoms with van der Waals surface area (Å²) < 4.78 is 27.6. The first-order valence-electron chi connectivity index (χ1n) is 23.5. The Labute approximate surface area is 400 Å². The van der Waals surface area contributed by atoms with Crippen LogP contribution in [0.3, 0.4) is 0 Å². The number of hydrogen-bond acceptors (Lipinski definition) is 3. The number of hydrogen-bond donors (Lipinski definition) is 1. The summed E-state index contributed by atoms with van der Waals surface area (Å²) in [5.41, 5.74) is 13.6. The quantitative estimate of drug-likeness (QED) is 0.169. The van der Waals surface area contributed by atoms with Gasteiger partial charge < -0.3 is 5.11 Å². The van der Waals surface area contributed by atoms with Crippen molar-refractivity contribution >= 4 is 11.0 Å². The minimum atomic E-state index is -2.34. The molecular weight excluding hydrogens is 962 g/mol. The predicted octanol–water partition coefficient (Wildman–Crippen LogP) is 15.8. The van der Waals surface area contributed by atoms with Crippen LogP contribution in [-0.2, 0) is 42.7 Å². The van der Waals surface area contributed by atoms with Crippen LogP contribution in [-0.4, -0.2) is 19.6 Å². The Kier molecular flexibility index (Phi) is 11.3. The van der Waals surface area contributed by atoms with E-state index in [0.717, 1.165) is 78.0 Å². The number of aromatic nitrogens is 3. The predicted molar refractivity (Wildman–Crippen MR) is 266 cm³/mol. The van der Waals surface area contributed by atoms with Gasteiger partial charge in [-0.25, -0.2) is 4.98 Å². The first kappa shape index (κ1) is 42.4. The van der Waals surface area contributed by atoms with E-state index in [1.807, 2.05) is 42.6 Å². The molecular formula is C59H62N3OPt-. The molecule has 0 aliphatic rings. The number of phenols is 1. The Morgan fingerprint density at radius 1 is 0.547 bits per heavy atom. The molecule has 0 radical (unpaired) electrons. The van der Waals surface area contributed by atoms with Crippen LogP contribution in [0.1, 0.15) is 115 Å². The molecule has 0 saturated carbocycles. The molecule has 330 valence electrons. The van der Waals surface area contributed by atoms with Gasteiger partial charge >= 0.3 is 0 Å². The zero-order chi connectivity index (χ0) is 47.7. The molecule has 2 heterocycles. The standard InChI is InChI=1S/C59H62N3O.Pt/c1-37-22-27-51(47(30-37)39-23-25-43(26-24-39)56(2,3)4)62-52-21-17-20-46(53(52)61-55(62)48-35-45(58(8,9)10)36-49(54(48)63)59(11,12)13)41-31-42(33-44(32-41)57(5,6)7)50-34-40(28-29-60-50)38-18-15-14-16-19-38;/h14-30,32-36,63H,1-13H3;/q-1;/i1D3;. The maximum atomic E-state index is 12.5. The summed E-state index contributed by atoms with van der Waals surface area (Å²) in [7, 11) is 0. The van der Waals surface area contributed by atoms with E-state index in [1.54, 1.807) is 12.1 Å². The summed E-state index contributed by atoms with van der Waals surface area (Å²) in [6, 6.07) is 46.9. The number of para-hydroxylation sites is 1. The molecule has 0 atom stereocenters. The molecule has 4 nitrogen and oxygen atoms in total. The first-order chi connectivity index (χ1) is 30.8. The molecule has 0 bridgehead atoms. The molecule has 8 rings (SSSR count). The van der Waals surface area contributed by atoms with Gasteiger partial charge in [-0.2, -0.15) is 0 Å². The van der Waals surface area contributed by atoms with Gasteiger partial charge in [-0.1, -0.05) is 185 Å². The first-order valence-corrected chi connectivity index (χ1v) is 22.0. The van der Waals surface area contributed by atoms with Crippen molar-refractivity contribution in [2.45, 2.75) is 112 Å². The minimum absolute atomic E-state index is 0. The van der Waals surface area contributed by atoms with Gasteiger partial charge in [0.25, 0.3) is 0 Å². The van der Waals surface area contributed by atoms with Crippen molar-refractivity contribution in [1.29, 1.82) is 0 Å². The molecule has 5 heteroatoms. The molecule has 8 aromatic rings. The molecule has 64 heavy (non-hydrogen) atoms. The van der Waals surface area contributed by atoms with Crippen molar-refractivity contribution < 1.29 is 30.3 Å². The number of aryl methyl sites for hydroxylation is 1. The molecule has 0 aliphatic carbocycles. The molecule has 1 N–H and O–H groups in total. The number of pyridine rings is 1. The molecule has 0 unspecified atom stereocenters. The van der Waals surface area contributed by atoms with Crippen molar-refractivity contribution in [1.82, 2.24) is 14.5 Å². The number of imidazole rings is 1. The van der Waals surface area contributed by atoms with E-state index < -0.39 is 12.3 Å². The third-order valence-corrected chi connectivity index (χ3v) is 12.2. The average Bonchev–Trinajstić information content (AvgIpc) is 3.64. The second kappa shape index (κ2) is 17.1. The van der Waals surface area contributed by atoms with E-state index in [2.05, 4.69) is 173 Å². The van der Waals surface area contributed by atoms with Crippen LogP contribution in [0.2, 0.25) is 0 Å². The number of rotatable bonds is 6. The molecule has 0 spiro atoms. The Morgan fingerprint density at radius 2 is 1.20 bits per heavy atom. The third kappa shape index (κ3) is 9.18. The Hall–Kier alpha value is -5.57. The largest absolute Gasteiger partial charge is 0.507 e. The molecule has 0 saturated heterocycles. The summed E-state index contributed by atoms with van der Waals surface area (Å²) in [5, 5.41) is 12.5. The van der Waals surface area contributed by atoms with Gasteiger partial charge in [-0.15, -0.1) is 29.3 Å². The number of nitrogens with zero attached hydrogens (tertiary/aromatic N) is 3. The smallest absolute Gasteiger partial charge is 0.148 e. The van der Waals surface area contributed by atoms with Crippen LogP contribution in [0, 0.1) is 12.9 Å². The van der Waals surface area contributed by atoms with E-state index in [-0.39, 0.29) is 48.6 Å². The Morgan fingerprint density at radius 3 is 1.84 bits per heavy atom. The molecule has 2 aromatic heterocycles.